The number of fused-ring (bicyclic) bond motifs is 1. The molecule has 10 heteroatoms. The van der Waals surface area contributed by atoms with Gasteiger partial charge in [-0.05, 0) is 42.1 Å². The molecule has 0 radical (unpaired) electrons. The van der Waals surface area contributed by atoms with E-state index in [-0.39, 0.29) is 16.2 Å². The van der Waals surface area contributed by atoms with Gasteiger partial charge in [-0.3, -0.25) is 4.57 Å². The summed E-state index contributed by atoms with van der Waals surface area (Å²) in [5, 5.41) is 2.63. The van der Waals surface area contributed by atoms with Gasteiger partial charge in [-0.25, -0.2) is 9.78 Å². The number of ether oxygens (including phenoxy) is 2. The Labute approximate surface area is 212 Å². The predicted octanol–water partition coefficient (Wildman–Crippen LogP) is 7.76. The molecule has 2 aromatic carbocycles. The molecule has 0 N–H and O–H groups in total. The van der Waals surface area contributed by atoms with E-state index in [0.29, 0.717) is 5.00 Å². The highest BCUT2D eigenvalue weighted by molar-refractivity contribution is 7.16. The van der Waals surface area contributed by atoms with Crippen LogP contribution in [0.25, 0.3) is 26.5 Å². The summed E-state index contributed by atoms with van der Waals surface area (Å²) in [4.78, 5) is 18.3. The van der Waals surface area contributed by atoms with E-state index in [1.165, 1.54) is 32.2 Å². The Kier molecular flexibility index (Phi) is 6.31. The van der Waals surface area contributed by atoms with Crippen molar-refractivity contribution in [3.8, 4) is 21.2 Å². The Balaban J connectivity index is 1.52. The molecular formula is C26H19F3N2O3S2. The standard InChI is InChI=1S/C26H19F3N2O3S2/c1-15(17-6-3-4-7-18(17)26(27,28)29)34-21-13-23(36-24(21)25(32)33-2)31-14-30-19-12-16(9-10-20(19)31)22-8-5-11-35-22/h3-15H,1-2H3/t15-/m1/s1. The summed E-state index contributed by atoms with van der Waals surface area (Å²) < 4.78 is 53.2. The average Bonchev–Trinajstić information content (AvgIpc) is 3.62. The minimum Gasteiger partial charge on any atom is -0.484 e. The molecule has 0 aliphatic rings. The molecule has 5 rings (SSSR count). The molecule has 1 atom stereocenters. The third kappa shape index (κ3) is 4.49. The second-order valence-corrected chi connectivity index (χ2v) is 9.89. The number of nitrogens with zero attached hydrogens (tertiary/aromatic N) is 2. The maximum Gasteiger partial charge on any atom is 0.416 e. The number of thiophene rings is 2. The van der Waals surface area contributed by atoms with Crippen LogP contribution < -0.4 is 4.74 Å². The summed E-state index contributed by atoms with van der Waals surface area (Å²) in [6, 6.07) is 16.8. The minimum absolute atomic E-state index is 0.0252. The topological polar surface area (TPSA) is 53.4 Å². The lowest BCUT2D eigenvalue weighted by atomic mass is 10.0. The van der Waals surface area contributed by atoms with E-state index in [1.807, 2.05) is 40.3 Å². The molecule has 0 unspecified atom stereocenters. The van der Waals surface area contributed by atoms with Crippen LogP contribution in [0, 0.1) is 0 Å². The fourth-order valence-corrected chi connectivity index (χ4v) is 5.67. The first-order valence-electron chi connectivity index (χ1n) is 10.8. The van der Waals surface area contributed by atoms with Crippen LogP contribution in [0.2, 0.25) is 0 Å². The molecule has 5 nitrogen and oxygen atoms in total. The lowest BCUT2D eigenvalue weighted by Gasteiger charge is -2.19. The zero-order valence-corrected chi connectivity index (χ0v) is 20.7. The molecule has 0 amide bonds. The van der Waals surface area contributed by atoms with Crippen molar-refractivity contribution in [2.75, 3.05) is 7.11 Å². The molecule has 36 heavy (non-hydrogen) atoms. The van der Waals surface area contributed by atoms with Gasteiger partial charge in [0.05, 0.1) is 23.7 Å². The van der Waals surface area contributed by atoms with Gasteiger partial charge in [-0.15, -0.1) is 22.7 Å². The monoisotopic (exact) mass is 528 g/mol. The van der Waals surface area contributed by atoms with E-state index in [4.69, 9.17) is 9.47 Å². The number of rotatable bonds is 6. The normalized spacial score (nSPS) is 12.6. The fraction of sp³-hybridized carbons (Fsp3) is 0.154. The van der Waals surface area contributed by atoms with E-state index in [0.717, 1.165) is 38.9 Å². The summed E-state index contributed by atoms with van der Waals surface area (Å²) in [7, 11) is 1.24. The molecule has 0 saturated carbocycles. The fourth-order valence-electron chi connectivity index (χ4n) is 3.95. The third-order valence-corrected chi connectivity index (χ3v) is 7.67. The molecule has 0 saturated heterocycles. The Morgan fingerprint density at radius 3 is 2.61 bits per heavy atom. The van der Waals surface area contributed by atoms with E-state index >= 15 is 0 Å². The van der Waals surface area contributed by atoms with Gasteiger partial charge >= 0.3 is 12.1 Å². The number of carbonyl (C=O) groups is 1. The largest absolute Gasteiger partial charge is 0.484 e. The second kappa shape index (κ2) is 9.44. The first-order valence-corrected chi connectivity index (χ1v) is 12.5. The minimum atomic E-state index is -4.53. The summed E-state index contributed by atoms with van der Waals surface area (Å²) >= 11 is 2.75. The molecule has 184 valence electrons. The number of carbonyl (C=O) groups excluding carboxylic acids is 1. The van der Waals surface area contributed by atoms with Crippen molar-refractivity contribution in [3.05, 3.63) is 88.4 Å². The van der Waals surface area contributed by atoms with Crippen molar-refractivity contribution in [2.24, 2.45) is 0 Å². The van der Waals surface area contributed by atoms with Crippen molar-refractivity contribution in [2.45, 2.75) is 19.2 Å². The molecule has 0 bridgehead atoms. The van der Waals surface area contributed by atoms with Gasteiger partial charge < -0.3 is 9.47 Å². The number of imidazole rings is 1. The molecule has 3 heterocycles. The number of alkyl halides is 3. The smallest absolute Gasteiger partial charge is 0.416 e. The van der Waals surface area contributed by atoms with Crippen LogP contribution in [0.4, 0.5) is 13.2 Å². The number of benzene rings is 2. The summed E-state index contributed by atoms with van der Waals surface area (Å²) in [6.45, 7) is 1.52. The van der Waals surface area contributed by atoms with E-state index in [2.05, 4.69) is 4.98 Å². The number of hydrogen-bond acceptors (Lipinski definition) is 6. The summed E-state index contributed by atoms with van der Waals surface area (Å²) in [6.07, 6.45) is -3.86. The molecular weight excluding hydrogens is 509 g/mol. The highest BCUT2D eigenvalue weighted by Crippen LogP contribution is 2.40. The Hall–Kier alpha value is -3.63. The van der Waals surface area contributed by atoms with Gasteiger partial charge in [-0.2, -0.15) is 13.2 Å². The van der Waals surface area contributed by atoms with E-state index in [1.54, 1.807) is 23.7 Å². The van der Waals surface area contributed by atoms with Crippen LogP contribution in [-0.4, -0.2) is 22.6 Å². The maximum absolute atomic E-state index is 13.5. The van der Waals surface area contributed by atoms with Crippen molar-refractivity contribution < 1.29 is 27.4 Å². The van der Waals surface area contributed by atoms with Gasteiger partial charge in [0.2, 0.25) is 0 Å². The lowest BCUT2D eigenvalue weighted by molar-refractivity contribution is -0.139. The summed E-state index contributed by atoms with van der Waals surface area (Å²) in [5.74, 6) is -0.495. The van der Waals surface area contributed by atoms with Gasteiger partial charge in [-0.1, -0.05) is 30.3 Å². The number of hydrogen-bond donors (Lipinski definition) is 0. The highest BCUT2D eigenvalue weighted by Gasteiger charge is 2.35. The number of aromatic nitrogens is 2. The van der Waals surface area contributed by atoms with E-state index < -0.39 is 23.8 Å². The summed E-state index contributed by atoms with van der Waals surface area (Å²) in [5.41, 5.74) is 1.82. The number of methoxy groups -OCH3 is 1. The van der Waals surface area contributed by atoms with E-state index in [9.17, 15) is 18.0 Å². The van der Waals surface area contributed by atoms with Gasteiger partial charge in [0.25, 0.3) is 0 Å². The van der Waals surface area contributed by atoms with Crippen molar-refractivity contribution in [1.29, 1.82) is 0 Å². The third-order valence-electron chi connectivity index (χ3n) is 5.65. The molecule has 0 fully saturated rings. The SMILES string of the molecule is COC(=O)c1sc(-n2cnc3cc(-c4cccs4)ccc32)cc1O[C@H](C)c1ccccc1C(F)(F)F. The van der Waals surface area contributed by atoms with Crippen LogP contribution in [0.3, 0.4) is 0 Å². The van der Waals surface area contributed by atoms with Crippen LogP contribution in [0.15, 0.2) is 72.4 Å². The first-order chi connectivity index (χ1) is 17.3. The quantitative estimate of drug-likeness (QED) is 0.211. The van der Waals surface area contributed by atoms with Crippen LogP contribution >= 0.6 is 22.7 Å². The molecule has 0 spiro atoms. The Bertz CT molecular complexity index is 1540. The molecule has 0 aliphatic carbocycles. The first kappa shape index (κ1) is 24.1. The number of halogens is 3. The van der Waals surface area contributed by atoms with Gasteiger partial charge in [0, 0.05) is 16.5 Å². The van der Waals surface area contributed by atoms with Crippen molar-refractivity contribution >= 4 is 39.7 Å². The average molecular weight is 529 g/mol. The molecule has 5 aromatic rings. The Morgan fingerprint density at radius 1 is 1.08 bits per heavy atom. The van der Waals surface area contributed by atoms with Gasteiger partial charge in [0.1, 0.15) is 23.2 Å². The van der Waals surface area contributed by atoms with Crippen molar-refractivity contribution in [1.82, 2.24) is 9.55 Å². The van der Waals surface area contributed by atoms with Crippen LogP contribution in [-0.2, 0) is 10.9 Å². The van der Waals surface area contributed by atoms with Gasteiger partial charge in [0.15, 0.2) is 4.88 Å². The Morgan fingerprint density at radius 2 is 1.89 bits per heavy atom. The lowest BCUT2D eigenvalue weighted by Crippen LogP contribution is -2.14. The van der Waals surface area contributed by atoms with Crippen LogP contribution in [0.1, 0.15) is 33.8 Å². The maximum atomic E-state index is 13.5. The zero-order valence-electron chi connectivity index (χ0n) is 19.1. The van der Waals surface area contributed by atoms with Crippen molar-refractivity contribution in [3.63, 3.8) is 0 Å². The molecule has 3 aromatic heterocycles. The predicted molar refractivity (Wildman–Crippen MR) is 134 cm³/mol. The zero-order chi connectivity index (χ0) is 25.4. The highest BCUT2D eigenvalue weighted by atomic mass is 32.1. The van der Waals surface area contributed by atoms with Crippen LogP contribution in [0.5, 0.6) is 5.75 Å². The number of esters is 1. The molecule has 0 aliphatic heterocycles. The second-order valence-electron chi connectivity index (χ2n) is 7.91.